The highest BCUT2D eigenvalue weighted by Crippen LogP contribution is 2.20. The van der Waals surface area contributed by atoms with E-state index in [0.717, 1.165) is 18.5 Å². The van der Waals surface area contributed by atoms with Gasteiger partial charge in [0.25, 0.3) is 5.91 Å². The zero-order valence-corrected chi connectivity index (χ0v) is 12.5. The Labute approximate surface area is 115 Å². The fourth-order valence-corrected chi connectivity index (χ4v) is 2.05. The van der Waals surface area contributed by atoms with Crippen LogP contribution in [-0.2, 0) is 6.54 Å². The number of hydrogen-bond acceptors (Lipinski definition) is 3. The van der Waals surface area contributed by atoms with Crippen molar-refractivity contribution in [2.45, 2.75) is 47.1 Å². The highest BCUT2D eigenvalue weighted by molar-refractivity contribution is 5.92. The number of hydrogen-bond donors (Lipinski definition) is 2. The van der Waals surface area contributed by atoms with Gasteiger partial charge in [0.15, 0.2) is 0 Å². The molecule has 3 N–H and O–H groups in total. The average molecular weight is 266 g/mol. The van der Waals surface area contributed by atoms with Crippen LogP contribution < -0.4 is 11.1 Å². The molecule has 1 aromatic heterocycles. The molecule has 1 amide bonds. The van der Waals surface area contributed by atoms with Crippen molar-refractivity contribution >= 4 is 5.91 Å². The third kappa shape index (κ3) is 4.67. The van der Waals surface area contributed by atoms with Crippen LogP contribution in [0.1, 0.15) is 49.8 Å². The molecule has 0 aliphatic rings. The highest BCUT2D eigenvalue weighted by atomic mass is 16.2. The summed E-state index contributed by atoms with van der Waals surface area (Å²) in [6.45, 7) is 10.2. The third-order valence-electron chi connectivity index (χ3n) is 3.22. The number of nitrogens with two attached hydrogens (primary N) is 1. The van der Waals surface area contributed by atoms with Crippen molar-refractivity contribution in [3.8, 4) is 0 Å². The smallest absolute Gasteiger partial charge is 0.269 e. The van der Waals surface area contributed by atoms with Gasteiger partial charge in [-0.2, -0.15) is 5.10 Å². The molecule has 0 saturated heterocycles. The fourth-order valence-electron chi connectivity index (χ4n) is 2.05. The first kappa shape index (κ1) is 15.7. The molecule has 0 spiro atoms. The summed E-state index contributed by atoms with van der Waals surface area (Å²) >= 11 is 0. The molecule has 0 fully saturated rings. The first-order valence-corrected chi connectivity index (χ1v) is 6.92. The Hall–Kier alpha value is -1.36. The van der Waals surface area contributed by atoms with E-state index in [4.69, 9.17) is 5.73 Å². The molecule has 5 heteroatoms. The lowest BCUT2D eigenvalue weighted by Gasteiger charge is -2.24. The van der Waals surface area contributed by atoms with E-state index in [9.17, 15) is 4.79 Å². The van der Waals surface area contributed by atoms with Crippen molar-refractivity contribution in [3.63, 3.8) is 0 Å². The molecule has 0 radical (unpaired) electrons. The van der Waals surface area contributed by atoms with Gasteiger partial charge in [0.1, 0.15) is 5.69 Å². The van der Waals surface area contributed by atoms with Gasteiger partial charge < -0.3 is 11.1 Å². The Morgan fingerprint density at radius 2 is 2.21 bits per heavy atom. The Morgan fingerprint density at radius 3 is 2.79 bits per heavy atom. The second-order valence-corrected chi connectivity index (χ2v) is 5.73. The minimum Gasteiger partial charge on any atom is -0.350 e. The van der Waals surface area contributed by atoms with Gasteiger partial charge in [-0.1, -0.05) is 13.8 Å². The maximum atomic E-state index is 12.2. The number of carbonyl (C=O) groups excluding carboxylic acids is 1. The number of nitrogens with zero attached hydrogens (tertiary/aromatic N) is 2. The molecule has 19 heavy (non-hydrogen) atoms. The molecule has 0 bridgehead atoms. The van der Waals surface area contributed by atoms with Crippen molar-refractivity contribution < 1.29 is 4.79 Å². The van der Waals surface area contributed by atoms with E-state index in [-0.39, 0.29) is 11.3 Å². The van der Waals surface area contributed by atoms with E-state index in [1.165, 1.54) is 0 Å². The summed E-state index contributed by atoms with van der Waals surface area (Å²) in [6.07, 6.45) is 1.99. The van der Waals surface area contributed by atoms with Crippen LogP contribution in [0.2, 0.25) is 0 Å². The Balaban J connectivity index is 2.60. The van der Waals surface area contributed by atoms with Gasteiger partial charge in [0.05, 0.1) is 5.69 Å². The normalized spacial score (nSPS) is 11.6. The minimum absolute atomic E-state index is 0.0525. The number of aryl methyl sites for hydroxylation is 2. The number of rotatable bonds is 7. The van der Waals surface area contributed by atoms with E-state index in [0.29, 0.717) is 25.3 Å². The number of aromatic nitrogens is 2. The lowest BCUT2D eigenvalue weighted by atomic mass is 9.88. The van der Waals surface area contributed by atoms with E-state index >= 15 is 0 Å². The van der Waals surface area contributed by atoms with Crippen molar-refractivity contribution in [2.24, 2.45) is 11.1 Å². The van der Waals surface area contributed by atoms with Gasteiger partial charge >= 0.3 is 0 Å². The van der Waals surface area contributed by atoms with E-state index < -0.39 is 0 Å². The van der Waals surface area contributed by atoms with Crippen molar-refractivity contribution in [1.29, 1.82) is 0 Å². The molecular formula is C14H26N4O. The molecule has 0 unspecified atom stereocenters. The highest BCUT2D eigenvalue weighted by Gasteiger charge is 2.20. The summed E-state index contributed by atoms with van der Waals surface area (Å²) in [5.41, 5.74) is 7.10. The van der Waals surface area contributed by atoms with E-state index in [1.807, 2.05) is 19.9 Å². The summed E-state index contributed by atoms with van der Waals surface area (Å²) in [6, 6.07) is 1.83. The summed E-state index contributed by atoms with van der Waals surface area (Å²) in [5.74, 6) is -0.0525. The summed E-state index contributed by atoms with van der Waals surface area (Å²) in [5, 5.41) is 7.28. The van der Waals surface area contributed by atoms with Crippen LogP contribution in [0.15, 0.2) is 6.07 Å². The SMILES string of the molecule is CCn1nc(C)cc1C(=O)NCC(C)(C)CCCN. The van der Waals surface area contributed by atoms with Crippen LogP contribution in [0.25, 0.3) is 0 Å². The molecule has 5 nitrogen and oxygen atoms in total. The van der Waals surface area contributed by atoms with Gasteiger partial charge in [-0.15, -0.1) is 0 Å². The maximum Gasteiger partial charge on any atom is 0.269 e. The van der Waals surface area contributed by atoms with Crippen molar-refractivity contribution in [2.75, 3.05) is 13.1 Å². The van der Waals surface area contributed by atoms with Gasteiger partial charge in [-0.3, -0.25) is 9.48 Å². The molecular weight excluding hydrogens is 240 g/mol. The molecule has 1 aromatic rings. The van der Waals surface area contributed by atoms with Gasteiger partial charge in [0.2, 0.25) is 0 Å². The molecule has 1 heterocycles. The first-order valence-electron chi connectivity index (χ1n) is 6.92. The molecule has 0 saturated carbocycles. The third-order valence-corrected chi connectivity index (χ3v) is 3.22. The van der Waals surface area contributed by atoms with Crippen molar-refractivity contribution in [1.82, 2.24) is 15.1 Å². The predicted octanol–water partition coefficient (Wildman–Crippen LogP) is 1.71. The van der Waals surface area contributed by atoms with Crippen LogP contribution in [0.4, 0.5) is 0 Å². The standard InChI is InChI=1S/C14H26N4O/c1-5-18-12(9-11(2)17-18)13(19)16-10-14(3,4)7-6-8-15/h9H,5-8,10,15H2,1-4H3,(H,16,19). The maximum absolute atomic E-state index is 12.2. The van der Waals surface area contributed by atoms with Crippen LogP contribution in [0, 0.1) is 12.3 Å². The average Bonchev–Trinajstić information content (AvgIpc) is 2.75. The Morgan fingerprint density at radius 1 is 1.53 bits per heavy atom. The second-order valence-electron chi connectivity index (χ2n) is 5.73. The molecule has 108 valence electrons. The monoisotopic (exact) mass is 266 g/mol. The molecule has 0 aliphatic heterocycles. The summed E-state index contributed by atoms with van der Waals surface area (Å²) in [4.78, 5) is 12.2. The van der Waals surface area contributed by atoms with E-state index in [2.05, 4.69) is 24.3 Å². The van der Waals surface area contributed by atoms with Gasteiger partial charge in [-0.25, -0.2) is 0 Å². The predicted molar refractivity (Wildman–Crippen MR) is 77.0 cm³/mol. The number of amides is 1. The summed E-state index contributed by atoms with van der Waals surface area (Å²) in [7, 11) is 0. The molecule has 0 atom stereocenters. The number of carbonyl (C=O) groups is 1. The quantitative estimate of drug-likeness (QED) is 0.789. The van der Waals surface area contributed by atoms with Crippen LogP contribution in [0.5, 0.6) is 0 Å². The Kier molecular flexibility index (Phi) is 5.54. The molecule has 0 aromatic carbocycles. The topological polar surface area (TPSA) is 72.9 Å². The minimum atomic E-state index is -0.0525. The fraction of sp³-hybridized carbons (Fsp3) is 0.714. The van der Waals surface area contributed by atoms with Crippen LogP contribution in [-0.4, -0.2) is 28.8 Å². The summed E-state index contributed by atoms with van der Waals surface area (Å²) < 4.78 is 1.73. The van der Waals surface area contributed by atoms with Gasteiger partial charge in [0, 0.05) is 13.1 Å². The van der Waals surface area contributed by atoms with E-state index in [1.54, 1.807) is 4.68 Å². The number of nitrogens with one attached hydrogen (secondary N) is 1. The Bertz CT molecular complexity index is 423. The lowest BCUT2D eigenvalue weighted by molar-refractivity contribution is 0.0923. The van der Waals surface area contributed by atoms with Crippen LogP contribution in [0.3, 0.4) is 0 Å². The van der Waals surface area contributed by atoms with Gasteiger partial charge in [-0.05, 0) is 44.7 Å². The second kappa shape index (κ2) is 6.70. The molecule has 1 rings (SSSR count). The lowest BCUT2D eigenvalue weighted by Crippen LogP contribution is -2.35. The first-order chi connectivity index (χ1) is 8.89. The largest absolute Gasteiger partial charge is 0.350 e. The zero-order chi connectivity index (χ0) is 14.5. The van der Waals surface area contributed by atoms with Crippen LogP contribution >= 0.6 is 0 Å². The van der Waals surface area contributed by atoms with Crippen molar-refractivity contribution in [3.05, 3.63) is 17.5 Å². The zero-order valence-electron chi connectivity index (χ0n) is 12.5. The molecule has 0 aliphatic carbocycles.